The van der Waals surface area contributed by atoms with Gasteiger partial charge in [-0.15, -0.1) is 0 Å². The Hall–Kier alpha value is -1.94. The molecule has 4 heteroatoms. The molecule has 1 aromatic carbocycles. The van der Waals surface area contributed by atoms with Crippen LogP contribution in [0, 0.1) is 0 Å². The van der Waals surface area contributed by atoms with Crippen LogP contribution in [-0.4, -0.2) is 34.9 Å². The second kappa shape index (κ2) is 7.75. The van der Waals surface area contributed by atoms with Crippen molar-refractivity contribution in [2.24, 2.45) is 0 Å². The van der Waals surface area contributed by atoms with E-state index < -0.39 is 0 Å². The zero-order valence-corrected chi connectivity index (χ0v) is 14.7. The first-order chi connectivity index (χ1) is 11.7. The van der Waals surface area contributed by atoms with Crippen molar-refractivity contribution in [2.75, 3.05) is 7.05 Å². The van der Waals surface area contributed by atoms with Crippen molar-refractivity contribution >= 4 is 16.7 Å². The molecule has 1 saturated carbocycles. The molecule has 3 rings (SSSR count). The lowest BCUT2D eigenvalue weighted by molar-refractivity contribution is -0.127. The number of fused-ring (bicyclic) bond motifs is 1. The molecule has 24 heavy (non-hydrogen) atoms. The van der Waals surface area contributed by atoms with Gasteiger partial charge in [0.25, 0.3) is 0 Å². The Morgan fingerprint density at radius 2 is 2.12 bits per heavy atom. The number of benzene rings is 1. The van der Waals surface area contributed by atoms with E-state index in [4.69, 9.17) is 0 Å². The quantitative estimate of drug-likeness (QED) is 0.884. The highest BCUT2D eigenvalue weighted by Gasteiger charge is 2.25. The zero-order chi connectivity index (χ0) is 16.9. The molecule has 1 aliphatic carbocycles. The summed E-state index contributed by atoms with van der Waals surface area (Å²) in [5.74, 6) is 0.175. The summed E-state index contributed by atoms with van der Waals surface area (Å²) in [4.78, 5) is 19.0. The number of aromatic nitrogens is 1. The molecule has 0 spiro atoms. The Bertz CT molecular complexity index is 689. The van der Waals surface area contributed by atoms with Gasteiger partial charge in [0.2, 0.25) is 5.91 Å². The highest BCUT2D eigenvalue weighted by Crippen LogP contribution is 2.21. The number of carbonyl (C=O) groups is 1. The molecule has 4 nitrogen and oxygen atoms in total. The molecule has 2 aromatic rings. The summed E-state index contributed by atoms with van der Waals surface area (Å²) in [7, 11) is 2.04. The molecule has 1 amide bonds. The summed E-state index contributed by atoms with van der Waals surface area (Å²) in [6.45, 7) is 2.85. The first-order valence-electron chi connectivity index (χ1n) is 9.01. The van der Waals surface area contributed by atoms with Crippen molar-refractivity contribution in [1.29, 1.82) is 0 Å². The van der Waals surface area contributed by atoms with Gasteiger partial charge in [-0.05, 0) is 43.3 Å². The number of pyridine rings is 1. The number of rotatable bonds is 6. The van der Waals surface area contributed by atoms with Gasteiger partial charge in [0.05, 0.1) is 6.04 Å². The van der Waals surface area contributed by atoms with E-state index in [2.05, 4.69) is 46.4 Å². The summed E-state index contributed by atoms with van der Waals surface area (Å²) in [5, 5.41) is 5.60. The van der Waals surface area contributed by atoms with E-state index in [0.717, 1.165) is 31.2 Å². The minimum Gasteiger partial charge on any atom is -0.352 e. The SMILES string of the molecule is CCC(C(=O)NC1CCCC1)N(C)Cc1cccc2cnccc12. The van der Waals surface area contributed by atoms with Crippen LogP contribution in [-0.2, 0) is 11.3 Å². The van der Waals surface area contributed by atoms with Gasteiger partial charge in [-0.25, -0.2) is 0 Å². The molecule has 0 saturated heterocycles. The first kappa shape index (κ1) is 16.9. The van der Waals surface area contributed by atoms with Crippen LogP contribution in [0.3, 0.4) is 0 Å². The summed E-state index contributed by atoms with van der Waals surface area (Å²) < 4.78 is 0. The van der Waals surface area contributed by atoms with Gasteiger partial charge in [-0.3, -0.25) is 14.7 Å². The lowest BCUT2D eigenvalue weighted by Crippen LogP contribution is -2.47. The van der Waals surface area contributed by atoms with Gasteiger partial charge in [0.1, 0.15) is 0 Å². The Morgan fingerprint density at radius 1 is 1.33 bits per heavy atom. The summed E-state index contributed by atoms with van der Waals surface area (Å²) in [6, 6.07) is 8.63. The van der Waals surface area contributed by atoms with Crippen LogP contribution < -0.4 is 5.32 Å². The number of hydrogen-bond acceptors (Lipinski definition) is 3. The third kappa shape index (κ3) is 3.75. The van der Waals surface area contributed by atoms with Crippen LogP contribution in [0.2, 0.25) is 0 Å². The first-order valence-corrected chi connectivity index (χ1v) is 9.01. The van der Waals surface area contributed by atoms with Gasteiger partial charge in [0, 0.05) is 30.4 Å². The Morgan fingerprint density at radius 3 is 2.88 bits per heavy atom. The molecule has 1 N–H and O–H groups in total. The normalized spacial score (nSPS) is 16.6. The van der Waals surface area contributed by atoms with Crippen LogP contribution in [0.4, 0.5) is 0 Å². The molecule has 1 heterocycles. The smallest absolute Gasteiger partial charge is 0.237 e. The Kier molecular flexibility index (Phi) is 5.46. The van der Waals surface area contributed by atoms with Crippen LogP contribution in [0.1, 0.15) is 44.6 Å². The predicted octanol–water partition coefficient (Wildman–Crippen LogP) is 3.50. The topological polar surface area (TPSA) is 45.2 Å². The van der Waals surface area contributed by atoms with Gasteiger partial charge in [-0.2, -0.15) is 0 Å². The lowest BCUT2D eigenvalue weighted by atomic mass is 10.0. The van der Waals surface area contributed by atoms with Crippen molar-refractivity contribution < 1.29 is 4.79 Å². The maximum Gasteiger partial charge on any atom is 0.237 e. The number of nitrogens with zero attached hydrogens (tertiary/aromatic N) is 2. The van der Waals surface area contributed by atoms with Crippen molar-refractivity contribution in [1.82, 2.24) is 15.2 Å². The highest BCUT2D eigenvalue weighted by molar-refractivity contribution is 5.85. The van der Waals surface area contributed by atoms with Crippen molar-refractivity contribution in [2.45, 2.75) is 57.7 Å². The monoisotopic (exact) mass is 325 g/mol. The highest BCUT2D eigenvalue weighted by atomic mass is 16.2. The zero-order valence-electron chi connectivity index (χ0n) is 14.7. The molecular formula is C20H27N3O. The summed E-state index contributed by atoms with van der Waals surface area (Å²) in [6.07, 6.45) is 9.27. The molecule has 128 valence electrons. The third-order valence-corrected chi connectivity index (χ3v) is 5.11. The second-order valence-corrected chi connectivity index (χ2v) is 6.84. The summed E-state index contributed by atoms with van der Waals surface area (Å²) in [5.41, 5.74) is 1.24. The van der Waals surface area contributed by atoms with E-state index in [1.165, 1.54) is 23.8 Å². The molecule has 0 radical (unpaired) electrons. The predicted molar refractivity (Wildman–Crippen MR) is 97.7 cm³/mol. The molecule has 1 fully saturated rings. The average molecular weight is 325 g/mol. The fourth-order valence-electron chi connectivity index (χ4n) is 3.77. The molecule has 0 aliphatic heterocycles. The van der Waals surface area contributed by atoms with E-state index in [1.54, 1.807) is 0 Å². The fourth-order valence-corrected chi connectivity index (χ4v) is 3.77. The van der Waals surface area contributed by atoms with Crippen LogP contribution >= 0.6 is 0 Å². The Balaban J connectivity index is 1.71. The maximum atomic E-state index is 12.7. The van der Waals surface area contributed by atoms with Crippen molar-refractivity contribution in [3.63, 3.8) is 0 Å². The fraction of sp³-hybridized carbons (Fsp3) is 0.500. The van der Waals surface area contributed by atoms with Crippen LogP contribution in [0.15, 0.2) is 36.7 Å². The van der Waals surface area contributed by atoms with Gasteiger partial charge < -0.3 is 5.32 Å². The average Bonchev–Trinajstić information content (AvgIpc) is 3.09. The second-order valence-electron chi connectivity index (χ2n) is 6.84. The van der Waals surface area contributed by atoms with Crippen molar-refractivity contribution in [3.8, 4) is 0 Å². The van der Waals surface area contributed by atoms with E-state index >= 15 is 0 Å². The summed E-state index contributed by atoms with van der Waals surface area (Å²) >= 11 is 0. The van der Waals surface area contributed by atoms with Gasteiger partial charge >= 0.3 is 0 Å². The maximum absolute atomic E-state index is 12.7. The molecule has 1 aromatic heterocycles. The number of hydrogen-bond donors (Lipinski definition) is 1. The Labute approximate surface area is 144 Å². The van der Waals surface area contributed by atoms with E-state index in [1.807, 2.05) is 19.4 Å². The standard InChI is InChI=1S/C20H27N3O/c1-3-19(20(24)22-17-9-4-5-10-17)23(2)14-16-8-6-7-15-13-21-12-11-18(15)16/h6-8,11-13,17,19H,3-5,9-10,14H2,1-2H3,(H,22,24). The van der Waals surface area contributed by atoms with E-state index in [-0.39, 0.29) is 11.9 Å². The van der Waals surface area contributed by atoms with Crippen LogP contribution in [0.25, 0.3) is 10.8 Å². The number of likely N-dealkylation sites (N-methyl/N-ethyl adjacent to an activating group) is 1. The minimum absolute atomic E-state index is 0.0808. The van der Waals surface area contributed by atoms with E-state index in [9.17, 15) is 4.79 Å². The number of amides is 1. The third-order valence-electron chi connectivity index (χ3n) is 5.11. The molecule has 1 unspecified atom stereocenters. The number of nitrogens with one attached hydrogen (secondary N) is 1. The van der Waals surface area contributed by atoms with Gasteiger partial charge in [0.15, 0.2) is 0 Å². The molecular weight excluding hydrogens is 298 g/mol. The molecule has 1 atom stereocenters. The largest absolute Gasteiger partial charge is 0.352 e. The lowest BCUT2D eigenvalue weighted by Gasteiger charge is -2.28. The molecule has 1 aliphatic rings. The van der Waals surface area contributed by atoms with Crippen LogP contribution in [0.5, 0.6) is 0 Å². The number of carbonyl (C=O) groups excluding carboxylic acids is 1. The minimum atomic E-state index is -0.0808. The van der Waals surface area contributed by atoms with Gasteiger partial charge in [-0.1, -0.05) is 38.0 Å². The van der Waals surface area contributed by atoms with E-state index in [0.29, 0.717) is 6.04 Å². The van der Waals surface area contributed by atoms with Crippen molar-refractivity contribution in [3.05, 3.63) is 42.2 Å². The molecule has 0 bridgehead atoms.